The molecule has 3 aliphatic rings. The molecule has 0 unspecified atom stereocenters. The second kappa shape index (κ2) is 10.4. The van der Waals surface area contributed by atoms with Gasteiger partial charge in [-0.2, -0.15) is 0 Å². The van der Waals surface area contributed by atoms with Gasteiger partial charge in [0.2, 0.25) is 5.78 Å². The van der Waals surface area contributed by atoms with Gasteiger partial charge < -0.3 is 14.5 Å². The Kier molecular flexibility index (Phi) is 6.97. The predicted molar refractivity (Wildman–Crippen MR) is 138 cm³/mol. The van der Waals surface area contributed by atoms with Gasteiger partial charge in [-0.1, -0.05) is 48.5 Å². The summed E-state index contributed by atoms with van der Waals surface area (Å²) in [5, 5.41) is 0. The quantitative estimate of drug-likeness (QED) is 0.416. The van der Waals surface area contributed by atoms with E-state index in [0.717, 1.165) is 18.4 Å². The van der Waals surface area contributed by atoms with Gasteiger partial charge in [-0.3, -0.25) is 19.2 Å². The number of esters is 1. The molecule has 0 spiro atoms. The number of allylic oxidation sites excluding steroid dienone is 1. The van der Waals surface area contributed by atoms with Crippen LogP contribution in [0.3, 0.4) is 0 Å². The molecule has 2 fully saturated rings. The van der Waals surface area contributed by atoms with Crippen LogP contribution in [0.2, 0.25) is 0 Å². The molecule has 3 atom stereocenters. The highest BCUT2D eigenvalue weighted by molar-refractivity contribution is 6.36. The standard InChI is InChI=1S/C30H30N2O6/c1-38-29(37)30(18-20-10-4-2-5-11-20)26-22(19-32(30)27(35)21-12-6-3-7-13-21)16-24(33)23(26)17-25(34)28(36)31-14-8-9-15-31/h2-7,10-13,16,23,26H,8-9,14-15,17-19H2,1H3/t23-,26-,30-/m1/s1. The number of hydrogen-bond donors (Lipinski definition) is 0. The van der Waals surface area contributed by atoms with Crippen molar-refractivity contribution in [3.8, 4) is 0 Å². The Morgan fingerprint density at radius 2 is 1.58 bits per heavy atom. The third-order valence-corrected chi connectivity index (χ3v) is 7.99. The van der Waals surface area contributed by atoms with Gasteiger partial charge in [0.15, 0.2) is 11.3 Å². The summed E-state index contributed by atoms with van der Waals surface area (Å²) in [6.07, 6.45) is 2.91. The molecule has 8 heteroatoms. The highest BCUT2D eigenvalue weighted by atomic mass is 16.5. The third kappa shape index (κ3) is 4.34. The average Bonchev–Trinajstić information content (AvgIpc) is 3.66. The largest absolute Gasteiger partial charge is 0.467 e. The summed E-state index contributed by atoms with van der Waals surface area (Å²) < 4.78 is 5.32. The first-order chi connectivity index (χ1) is 18.4. The molecule has 1 aliphatic carbocycles. The minimum Gasteiger partial charge on any atom is -0.467 e. The lowest BCUT2D eigenvalue weighted by Crippen LogP contribution is -2.60. The van der Waals surface area contributed by atoms with Crippen LogP contribution in [-0.4, -0.2) is 71.4 Å². The van der Waals surface area contributed by atoms with Gasteiger partial charge in [-0.05, 0) is 42.2 Å². The molecule has 5 rings (SSSR count). The summed E-state index contributed by atoms with van der Waals surface area (Å²) in [4.78, 5) is 69.9. The van der Waals surface area contributed by atoms with E-state index in [0.29, 0.717) is 24.2 Å². The Bertz CT molecular complexity index is 1300. The number of carbonyl (C=O) groups excluding carboxylic acids is 5. The van der Waals surface area contributed by atoms with Crippen LogP contribution in [0.25, 0.3) is 0 Å². The first kappa shape index (κ1) is 25.6. The van der Waals surface area contributed by atoms with Crippen LogP contribution >= 0.6 is 0 Å². The lowest BCUT2D eigenvalue weighted by Gasteiger charge is -2.41. The normalized spacial score (nSPS) is 24.2. The maximum absolute atomic E-state index is 13.9. The molecule has 38 heavy (non-hydrogen) atoms. The van der Waals surface area contributed by atoms with Gasteiger partial charge in [-0.15, -0.1) is 0 Å². The highest BCUT2D eigenvalue weighted by Gasteiger charge is 2.64. The van der Waals surface area contributed by atoms with Crippen molar-refractivity contribution in [1.82, 2.24) is 9.80 Å². The van der Waals surface area contributed by atoms with Crippen molar-refractivity contribution >= 4 is 29.4 Å². The van der Waals surface area contributed by atoms with E-state index >= 15 is 0 Å². The summed E-state index contributed by atoms with van der Waals surface area (Å²) in [5.74, 6) is -4.30. The van der Waals surface area contributed by atoms with Gasteiger partial charge in [0.25, 0.3) is 11.8 Å². The van der Waals surface area contributed by atoms with Crippen LogP contribution in [0, 0.1) is 11.8 Å². The summed E-state index contributed by atoms with van der Waals surface area (Å²) in [7, 11) is 1.26. The Morgan fingerprint density at radius 3 is 2.21 bits per heavy atom. The van der Waals surface area contributed by atoms with Gasteiger partial charge in [0.05, 0.1) is 7.11 Å². The van der Waals surface area contributed by atoms with Crippen molar-refractivity contribution in [2.24, 2.45) is 11.8 Å². The smallest absolute Gasteiger partial charge is 0.332 e. The second-order valence-electron chi connectivity index (χ2n) is 10.2. The van der Waals surface area contributed by atoms with Crippen LogP contribution in [0.1, 0.15) is 35.2 Å². The highest BCUT2D eigenvalue weighted by Crippen LogP contribution is 2.51. The van der Waals surface area contributed by atoms with E-state index in [4.69, 9.17) is 4.74 Å². The number of carbonyl (C=O) groups is 5. The number of nitrogens with zero attached hydrogens (tertiary/aromatic N) is 2. The van der Waals surface area contributed by atoms with Crippen LogP contribution in [0.15, 0.2) is 72.3 Å². The molecular formula is C30H30N2O6. The number of methoxy groups -OCH3 is 1. The van der Waals surface area contributed by atoms with E-state index in [1.807, 2.05) is 30.3 Å². The molecule has 2 aliphatic heterocycles. The van der Waals surface area contributed by atoms with E-state index in [-0.39, 0.29) is 31.1 Å². The van der Waals surface area contributed by atoms with Crippen LogP contribution in [0.4, 0.5) is 0 Å². The first-order valence-corrected chi connectivity index (χ1v) is 12.9. The lowest BCUT2D eigenvalue weighted by atomic mass is 9.71. The average molecular weight is 515 g/mol. The maximum atomic E-state index is 13.9. The fourth-order valence-corrected chi connectivity index (χ4v) is 6.27. The summed E-state index contributed by atoms with van der Waals surface area (Å²) in [6, 6.07) is 17.9. The van der Waals surface area contributed by atoms with Crippen molar-refractivity contribution in [3.05, 3.63) is 83.4 Å². The molecule has 2 aromatic carbocycles. The number of fused-ring (bicyclic) bond motifs is 1. The van der Waals surface area contributed by atoms with E-state index in [1.54, 1.807) is 30.3 Å². The number of likely N-dealkylation sites (tertiary alicyclic amines) is 2. The van der Waals surface area contributed by atoms with Crippen LogP contribution < -0.4 is 0 Å². The van der Waals surface area contributed by atoms with Crippen molar-refractivity contribution in [2.45, 2.75) is 31.2 Å². The molecule has 0 radical (unpaired) electrons. The lowest BCUT2D eigenvalue weighted by molar-refractivity contribution is -0.156. The maximum Gasteiger partial charge on any atom is 0.332 e. The molecule has 0 aromatic heterocycles. The molecule has 196 valence electrons. The van der Waals surface area contributed by atoms with Crippen molar-refractivity contribution in [3.63, 3.8) is 0 Å². The van der Waals surface area contributed by atoms with Gasteiger partial charge in [-0.25, -0.2) is 4.79 Å². The Labute approximate surface area is 221 Å². The SMILES string of the molecule is COC(=O)[C@@]1(Cc2ccccc2)[C@@H]2C(=CC(=O)[C@H]2CC(=O)C(=O)N2CCCC2)CN1C(=O)c1ccccc1. The fourth-order valence-electron chi connectivity index (χ4n) is 6.27. The third-order valence-electron chi connectivity index (χ3n) is 7.99. The number of hydrogen-bond acceptors (Lipinski definition) is 6. The first-order valence-electron chi connectivity index (χ1n) is 12.9. The van der Waals surface area contributed by atoms with Gasteiger partial charge >= 0.3 is 5.97 Å². The van der Waals surface area contributed by atoms with E-state index in [2.05, 4.69) is 0 Å². The van der Waals surface area contributed by atoms with Gasteiger partial charge in [0, 0.05) is 49.9 Å². The zero-order valence-corrected chi connectivity index (χ0v) is 21.3. The molecule has 2 saturated heterocycles. The van der Waals surface area contributed by atoms with Crippen molar-refractivity contribution in [1.29, 1.82) is 0 Å². The minimum atomic E-state index is -1.57. The minimum absolute atomic E-state index is 0.0524. The number of ketones is 2. The Morgan fingerprint density at radius 1 is 0.947 bits per heavy atom. The fraction of sp³-hybridized carbons (Fsp3) is 0.367. The molecular weight excluding hydrogens is 484 g/mol. The number of rotatable bonds is 7. The molecule has 2 amide bonds. The molecule has 0 N–H and O–H groups in total. The van der Waals surface area contributed by atoms with Crippen LogP contribution in [-0.2, 0) is 30.3 Å². The predicted octanol–water partition coefficient (Wildman–Crippen LogP) is 2.62. The summed E-state index contributed by atoms with van der Waals surface area (Å²) in [5.41, 5.74) is 0.218. The van der Waals surface area contributed by atoms with Gasteiger partial charge in [0.1, 0.15) is 0 Å². The second-order valence-corrected chi connectivity index (χ2v) is 10.2. The zero-order valence-electron chi connectivity index (χ0n) is 21.3. The molecule has 0 saturated carbocycles. The molecule has 2 heterocycles. The number of Topliss-reactive ketones (excluding diaryl/α,β-unsaturated/α-hetero) is 1. The topological polar surface area (TPSA) is 101 Å². The Hall–Kier alpha value is -4.07. The summed E-state index contributed by atoms with van der Waals surface area (Å²) in [6.45, 7) is 1.10. The Balaban J connectivity index is 1.58. The van der Waals surface area contributed by atoms with Crippen molar-refractivity contribution < 1.29 is 28.7 Å². The van der Waals surface area contributed by atoms with E-state index in [1.165, 1.54) is 23.0 Å². The van der Waals surface area contributed by atoms with Crippen LogP contribution in [0.5, 0.6) is 0 Å². The zero-order chi connectivity index (χ0) is 26.9. The number of benzene rings is 2. The number of amides is 2. The number of ether oxygens (including phenoxy) is 1. The van der Waals surface area contributed by atoms with E-state index in [9.17, 15) is 24.0 Å². The molecule has 8 nitrogen and oxygen atoms in total. The van der Waals surface area contributed by atoms with Crippen molar-refractivity contribution in [2.75, 3.05) is 26.7 Å². The molecule has 0 bridgehead atoms. The van der Waals surface area contributed by atoms with E-state index < -0.39 is 35.0 Å². The monoisotopic (exact) mass is 514 g/mol. The summed E-state index contributed by atoms with van der Waals surface area (Å²) >= 11 is 0. The molecule has 2 aromatic rings.